The van der Waals surface area contributed by atoms with Gasteiger partial charge in [0.1, 0.15) is 12.6 Å². The zero-order chi connectivity index (χ0) is 23.4. The molecule has 176 valence electrons. The van der Waals surface area contributed by atoms with Crippen LogP contribution in [0, 0.1) is 0 Å². The number of carbonyl (C=O) groups excluding carboxylic acids is 2. The Hall–Kier alpha value is -2.06. The van der Waals surface area contributed by atoms with Crippen LogP contribution in [0.25, 0.3) is 0 Å². The van der Waals surface area contributed by atoms with E-state index < -0.39 is 30.5 Å². The molecule has 2 heterocycles. The molecular weight excluding hydrogens is 407 g/mol. The van der Waals surface area contributed by atoms with Crippen LogP contribution in [-0.4, -0.2) is 53.7 Å². The van der Waals surface area contributed by atoms with Crippen molar-refractivity contribution in [3.05, 3.63) is 35.9 Å². The maximum atomic E-state index is 13.2. The average Bonchev–Trinajstić information content (AvgIpc) is 3.32. The van der Waals surface area contributed by atoms with Crippen molar-refractivity contribution < 1.29 is 23.6 Å². The van der Waals surface area contributed by atoms with E-state index >= 15 is 0 Å². The Bertz CT molecular complexity index is 770. The van der Waals surface area contributed by atoms with Crippen molar-refractivity contribution in [2.75, 3.05) is 6.54 Å². The molecule has 1 unspecified atom stereocenters. The van der Waals surface area contributed by atoms with Crippen molar-refractivity contribution in [2.45, 2.75) is 96.5 Å². The van der Waals surface area contributed by atoms with E-state index in [-0.39, 0.29) is 18.5 Å². The quantitative estimate of drug-likeness (QED) is 0.611. The first-order chi connectivity index (χ1) is 15.1. The van der Waals surface area contributed by atoms with Gasteiger partial charge in [-0.15, -0.1) is 0 Å². The number of hydrogen-bond donors (Lipinski definition) is 1. The molecule has 0 aromatic heterocycles. The predicted octanol–water partition coefficient (Wildman–Crippen LogP) is 4.09. The highest BCUT2D eigenvalue weighted by atomic mass is 16.7. The van der Waals surface area contributed by atoms with Crippen LogP contribution in [0.15, 0.2) is 30.3 Å². The molecule has 1 aromatic carbocycles. The Morgan fingerprint density at radius 1 is 1.19 bits per heavy atom. The van der Waals surface area contributed by atoms with Crippen LogP contribution < -0.4 is 5.32 Å². The van der Waals surface area contributed by atoms with Crippen molar-refractivity contribution in [3.63, 3.8) is 0 Å². The minimum absolute atomic E-state index is 0.171. The molecule has 1 aromatic rings. The second-order valence-electron chi connectivity index (χ2n) is 9.77. The third-order valence-corrected chi connectivity index (χ3v) is 6.79. The number of benzene rings is 1. The number of carbonyl (C=O) groups is 2. The Kier molecular flexibility index (Phi) is 7.88. The molecular formula is C24H37BN2O5. The lowest BCUT2D eigenvalue weighted by Crippen LogP contribution is -2.54. The maximum Gasteiger partial charge on any atom is 0.481 e. The molecule has 2 aliphatic rings. The molecule has 2 fully saturated rings. The summed E-state index contributed by atoms with van der Waals surface area (Å²) in [6.45, 7) is 10.9. The van der Waals surface area contributed by atoms with E-state index in [0.717, 1.165) is 31.2 Å². The summed E-state index contributed by atoms with van der Waals surface area (Å²) in [4.78, 5) is 27.4. The first-order valence-corrected chi connectivity index (χ1v) is 11.8. The zero-order valence-electron chi connectivity index (χ0n) is 20.1. The fourth-order valence-electron chi connectivity index (χ4n) is 4.09. The normalized spacial score (nSPS) is 22.6. The van der Waals surface area contributed by atoms with E-state index in [1.54, 1.807) is 4.90 Å². The van der Waals surface area contributed by atoms with Gasteiger partial charge in [-0.05, 0) is 52.5 Å². The van der Waals surface area contributed by atoms with Gasteiger partial charge in [-0.3, -0.25) is 9.69 Å². The van der Waals surface area contributed by atoms with Gasteiger partial charge in [0.25, 0.3) is 0 Å². The van der Waals surface area contributed by atoms with Crippen molar-refractivity contribution in [1.82, 2.24) is 10.2 Å². The highest BCUT2D eigenvalue weighted by Gasteiger charge is 2.54. The highest BCUT2D eigenvalue weighted by molar-refractivity contribution is 6.48. The Labute approximate surface area is 192 Å². The number of amides is 2. The van der Waals surface area contributed by atoms with Crippen LogP contribution in [0.2, 0.25) is 0 Å². The molecule has 0 spiro atoms. The van der Waals surface area contributed by atoms with Gasteiger partial charge in [0.15, 0.2) is 0 Å². The molecule has 2 amide bonds. The monoisotopic (exact) mass is 444 g/mol. The number of hydrogen-bond acceptors (Lipinski definition) is 5. The van der Waals surface area contributed by atoms with Crippen LogP contribution in [-0.2, 0) is 25.4 Å². The lowest BCUT2D eigenvalue weighted by atomic mass is 9.75. The number of nitrogens with one attached hydrogen (secondary N) is 1. The molecule has 0 aliphatic carbocycles. The smallest absolute Gasteiger partial charge is 0.445 e. The van der Waals surface area contributed by atoms with E-state index in [1.165, 1.54) is 0 Å². The van der Waals surface area contributed by atoms with Gasteiger partial charge in [-0.25, -0.2) is 4.79 Å². The molecule has 7 nitrogen and oxygen atoms in total. The van der Waals surface area contributed by atoms with Crippen molar-refractivity contribution in [2.24, 2.45) is 0 Å². The van der Waals surface area contributed by atoms with Gasteiger partial charge in [0.2, 0.25) is 5.91 Å². The summed E-state index contributed by atoms with van der Waals surface area (Å²) in [6, 6.07) is 9.00. The summed E-state index contributed by atoms with van der Waals surface area (Å²) in [6.07, 6.45) is 3.65. The number of rotatable bonds is 8. The minimum Gasteiger partial charge on any atom is -0.445 e. The topological polar surface area (TPSA) is 77.1 Å². The third kappa shape index (κ3) is 5.65. The summed E-state index contributed by atoms with van der Waals surface area (Å²) in [5.41, 5.74) is -0.0116. The largest absolute Gasteiger partial charge is 0.481 e. The highest BCUT2D eigenvalue weighted by Crippen LogP contribution is 2.38. The van der Waals surface area contributed by atoms with Gasteiger partial charge in [-0.2, -0.15) is 0 Å². The molecule has 3 rings (SSSR count). The second-order valence-corrected chi connectivity index (χ2v) is 9.77. The van der Waals surface area contributed by atoms with E-state index in [4.69, 9.17) is 14.0 Å². The van der Waals surface area contributed by atoms with E-state index in [0.29, 0.717) is 13.0 Å². The van der Waals surface area contributed by atoms with Crippen LogP contribution in [0.5, 0.6) is 0 Å². The van der Waals surface area contributed by atoms with Crippen LogP contribution in [0.1, 0.15) is 72.3 Å². The van der Waals surface area contributed by atoms with Crippen molar-refractivity contribution >= 4 is 19.1 Å². The van der Waals surface area contributed by atoms with Gasteiger partial charge in [0.05, 0.1) is 17.1 Å². The Morgan fingerprint density at radius 2 is 1.84 bits per heavy atom. The molecule has 32 heavy (non-hydrogen) atoms. The second kappa shape index (κ2) is 10.3. The molecule has 1 N–H and O–H groups in total. The SMILES string of the molecule is CCCCC(NC(=O)[C@@H]1CCCN1C(=O)OCc1ccccc1)B1OC(C)(C)C(C)(C)O1. The number of nitrogens with zero attached hydrogens (tertiary/aromatic N) is 1. The third-order valence-electron chi connectivity index (χ3n) is 6.79. The average molecular weight is 444 g/mol. The molecule has 2 saturated heterocycles. The van der Waals surface area contributed by atoms with Crippen molar-refractivity contribution in [1.29, 1.82) is 0 Å². The van der Waals surface area contributed by atoms with Gasteiger partial charge < -0.3 is 19.4 Å². The Balaban J connectivity index is 1.62. The number of ether oxygens (including phenoxy) is 1. The summed E-state index contributed by atoms with van der Waals surface area (Å²) >= 11 is 0. The maximum absolute atomic E-state index is 13.2. The number of unbranched alkanes of at least 4 members (excludes halogenated alkanes) is 1. The number of likely N-dealkylation sites (tertiary alicyclic amines) is 1. The van der Waals surface area contributed by atoms with Crippen molar-refractivity contribution in [3.8, 4) is 0 Å². The van der Waals surface area contributed by atoms with Gasteiger partial charge in [0, 0.05) is 6.54 Å². The van der Waals surface area contributed by atoms with E-state index in [9.17, 15) is 9.59 Å². The van der Waals surface area contributed by atoms with E-state index in [2.05, 4.69) is 12.2 Å². The standard InChI is InChI=1S/C24H37BN2O5/c1-6-7-15-20(25-31-23(2,3)24(4,5)32-25)26-21(28)19-14-11-16-27(19)22(29)30-17-18-12-9-8-10-13-18/h8-10,12-13,19-20H,6-7,11,14-17H2,1-5H3,(H,26,28)/t19-,20?/m0/s1. The minimum atomic E-state index is -0.537. The Morgan fingerprint density at radius 3 is 2.47 bits per heavy atom. The summed E-state index contributed by atoms with van der Waals surface area (Å²) in [5, 5.41) is 3.13. The lowest BCUT2D eigenvalue weighted by Gasteiger charge is -2.32. The molecule has 0 bridgehead atoms. The zero-order valence-corrected chi connectivity index (χ0v) is 20.1. The van der Waals surface area contributed by atoms with Crippen LogP contribution in [0.3, 0.4) is 0 Å². The summed E-state index contributed by atoms with van der Waals surface area (Å²) in [5.74, 6) is -0.443. The van der Waals surface area contributed by atoms with Crippen LogP contribution in [0.4, 0.5) is 4.79 Å². The summed E-state index contributed by atoms with van der Waals surface area (Å²) < 4.78 is 17.9. The molecule has 2 aliphatic heterocycles. The first kappa shape index (κ1) is 24.6. The predicted molar refractivity (Wildman–Crippen MR) is 124 cm³/mol. The molecule has 0 radical (unpaired) electrons. The summed E-state index contributed by atoms with van der Waals surface area (Å²) in [7, 11) is -0.518. The molecule has 2 atom stereocenters. The van der Waals surface area contributed by atoms with Gasteiger partial charge in [-0.1, -0.05) is 50.1 Å². The fraction of sp³-hybridized carbons (Fsp3) is 0.667. The molecule has 8 heteroatoms. The first-order valence-electron chi connectivity index (χ1n) is 11.8. The molecule has 0 saturated carbocycles. The van der Waals surface area contributed by atoms with E-state index in [1.807, 2.05) is 58.0 Å². The van der Waals surface area contributed by atoms with Gasteiger partial charge >= 0.3 is 13.2 Å². The fourth-order valence-corrected chi connectivity index (χ4v) is 4.09. The van der Waals surface area contributed by atoms with Crippen LogP contribution >= 0.6 is 0 Å². The lowest BCUT2D eigenvalue weighted by molar-refractivity contribution is -0.125.